The Hall–Kier alpha value is -1.81. The van der Waals surface area contributed by atoms with E-state index in [9.17, 15) is 9.90 Å². The maximum atomic E-state index is 12.1. The number of rotatable bonds is 3. The van der Waals surface area contributed by atoms with E-state index in [-0.39, 0.29) is 12.0 Å². The number of carbonyl (C=O) groups is 1. The quantitative estimate of drug-likeness (QED) is 0.858. The molecule has 0 bridgehead atoms. The molecule has 1 heterocycles. The second kappa shape index (κ2) is 6.57. The molecule has 0 aliphatic carbocycles. The van der Waals surface area contributed by atoms with E-state index in [2.05, 4.69) is 0 Å². The number of carbonyl (C=O) groups excluding carboxylic acids is 1. The number of aliphatic hydroxyl groups excluding tert-OH is 1. The van der Waals surface area contributed by atoms with Crippen molar-refractivity contribution in [2.45, 2.75) is 25.9 Å². The van der Waals surface area contributed by atoms with Gasteiger partial charge in [-0.25, -0.2) is 0 Å². The Morgan fingerprint density at radius 2 is 2.10 bits per heavy atom. The fourth-order valence-corrected chi connectivity index (χ4v) is 2.34. The SMILES string of the molecule is COc1ccc(C)cc1C=CC(=O)N1CCC(O)CC1. The second-order valence-electron chi connectivity index (χ2n) is 5.14. The maximum Gasteiger partial charge on any atom is 0.246 e. The highest BCUT2D eigenvalue weighted by molar-refractivity contribution is 5.92. The minimum Gasteiger partial charge on any atom is -0.496 e. The standard InChI is InChI=1S/C16H21NO3/c1-12-3-5-15(20-2)13(11-12)4-6-16(19)17-9-7-14(18)8-10-17/h3-6,11,14,18H,7-10H2,1-2H3. The second-order valence-corrected chi connectivity index (χ2v) is 5.14. The van der Waals surface area contributed by atoms with Crippen LogP contribution in [0.1, 0.15) is 24.0 Å². The third kappa shape index (κ3) is 3.61. The van der Waals surface area contributed by atoms with Gasteiger partial charge in [-0.15, -0.1) is 0 Å². The number of nitrogens with zero attached hydrogens (tertiary/aromatic N) is 1. The first-order chi connectivity index (χ1) is 9.60. The van der Waals surface area contributed by atoms with Crippen LogP contribution in [0.4, 0.5) is 0 Å². The fourth-order valence-electron chi connectivity index (χ4n) is 2.34. The van der Waals surface area contributed by atoms with Crippen LogP contribution in [0, 0.1) is 6.92 Å². The number of hydrogen-bond acceptors (Lipinski definition) is 3. The number of aliphatic hydroxyl groups is 1. The van der Waals surface area contributed by atoms with Gasteiger partial charge in [-0.1, -0.05) is 11.6 Å². The third-order valence-electron chi connectivity index (χ3n) is 3.57. The van der Waals surface area contributed by atoms with E-state index >= 15 is 0 Å². The number of benzene rings is 1. The molecular weight excluding hydrogens is 254 g/mol. The summed E-state index contributed by atoms with van der Waals surface area (Å²) in [5, 5.41) is 9.44. The lowest BCUT2D eigenvalue weighted by Gasteiger charge is -2.28. The largest absolute Gasteiger partial charge is 0.496 e. The topological polar surface area (TPSA) is 49.8 Å². The summed E-state index contributed by atoms with van der Waals surface area (Å²) in [7, 11) is 1.62. The zero-order chi connectivity index (χ0) is 14.5. The molecule has 1 saturated heterocycles. The molecule has 1 aromatic carbocycles. The van der Waals surface area contributed by atoms with Crippen LogP contribution in [0.3, 0.4) is 0 Å². The van der Waals surface area contributed by atoms with Crippen molar-refractivity contribution in [1.29, 1.82) is 0 Å². The lowest BCUT2D eigenvalue weighted by molar-refractivity contribution is -0.127. The van der Waals surface area contributed by atoms with Crippen LogP contribution in [0.5, 0.6) is 5.75 Å². The number of piperidine rings is 1. The number of ether oxygens (including phenoxy) is 1. The van der Waals surface area contributed by atoms with Crippen LogP contribution in [-0.2, 0) is 4.79 Å². The molecule has 0 spiro atoms. The molecule has 0 radical (unpaired) electrons. The lowest BCUT2D eigenvalue weighted by Crippen LogP contribution is -2.39. The summed E-state index contributed by atoms with van der Waals surface area (Å²) in [5.74, 6) is 0.745. The van der Waals surface area contributed by atoms with Crippen molar-refractivity contribution in [3.05, 3.63) is 35.4 Å². The maximum absolute atomic E-state index is 12.1. The minimum absolute atomic E-state index is 0.0135. The average Bonchev–Trinajstić information content (AvgIpc) is 2.45. The van der Waals surface area contributed by atoms with E-state index in [0.717, 1.165) is 16.9 Å². The van der Waals surface area contributed by atoms with Gasteiger partial charge in [0.25, 0.3) is 0 Å². The van der Waals surface area contributed by atoms with Gasteiger partial charge in [-0.3, -0.25) is 4.79 Å². The Morgan fingerprint density at radius 1 is 1.40 bits per heavy atom. The van der Waals surface area contributed by atoms with Gasteiger partial charge in [-0.05, 0) is 38.0 Å². The van der Waals surface area contributed by atoms with Crippen molar-refractivity contribution in [2.24, 2.45) is 0 Å². The van der Waals surface area contributed by atoms with Gasteiger partial charge in [0, 0.05) is 24.7 Å². The first-order valence-corrected chi connectivity index (χ1v) is 6.90. The third-order valence-corrected chi connectivity index (χ3v) is 3.57. The molecule has 1 amide bonds. The van der Waals surface area contributed by atoms with E-state index in [4.69, 9.17) is 4.74 Å². The van der Waals surface area contributed by atoms with Crippen molar-refractivity contribution < 1.29 is 14.6 Å². The smallest absolute Gasteiger partial charge is 0.246 e. The summed E-state index contributed by atoms with van der Waals surface area (Å²) in [6.45, 7) is 3.25. The number of hydrogen-bond donors (Lipinski definition) is 1. The molecule has 2 rings (SSSR count). The first-order valence-electron chi connectivity index (χ1n) is 6.90. The molecule has 4 nitrogen and oxygen atoms in total. The molecule has 20 heavy (non-hydrogen) atoms. The minimum atomic E-state index is -0.264. The summed E-state index contributed by atoms with van der Waals surface area (Å²) in [4.78, 5) is 13.8. The Kier molecular flexibility index (Phi) is 4.79. The molecule has 1 N–H and O–H groups in total. The van der Waals surface area contributed by atoms with Gasteiger partial charge in [-0.2, -0.15) is 0 Å². The van der Waals surface area contributed by atoms with Gasteiger partial charge >= 0.3 is 0 Å². The highest BCUT2D eigenvalue weighted by Crippen LogP contribution is 2.21. The van der Waals surface area contributed by atoms with Crippen LogP contribution in [-0.4, -0.2) is 42.2 Å². The zero-order valence-electron chi connectivity index (χ0n) is 12.0. The van der Waals surface area contributed by atoms with Crippen molar-refractivity contribution in [2.75, 3.05) is 20.2 Å². The zero-order valence-corrected chi connectivity index (χ0v) is 12.0. The van der Waals surface area contributed by atoms with E-state index in [1.54, 1.807) is 24.2 Å². The van der Waals surface area contributed by atoms with Crippen molar-refractivity contribution in [3.8, 4) is 5.75 Å². The number of methoxy groups -OCH3 is 1. The summed E-state index contributed by atoms with van der Waals surface area (Å²) in [6, 6.07) is 5.86. The molecule has 0 aromatic heterocycles. The molecule has 0 saturated carbocycles. The Balaban J connectivity index is 2.05. The summed E-state index contributed by atoms with van der Waals surface area (Å²) < 4.78 is 5.28. The van der Waals surface area contributed by atoms with E-state index in [1.807, 2.05) is 25.1 Å². The monoisotopic (exact) mass is 275 g/mol. The number of aryl methyl sites for hydroxylation is 1. The van der Waals surface area contributed by atoms with E-state index < -0.39 is 0 Å². The van der Waals surface area contributed by atoms with Gasteiger partial charge in [0.05, 0.1) is 13.2 Å². The van der Waals surface area contributed by atoms with Gasteiger partial charge in [0.15, 0.2) is 0 Å². The molecule has 1 aliphatic rings. The highest BCUT2D eigenvalue weighted by Gasteiger charge is 2.19. The van der Waals surface area contributed by atoms with Crippen LogP contribution in [0.15, 0.2) is 24.3 Å². The van der Waals surface area contributed by atoms with Gasteiger partial charge in [0.1, 0.15) is 5.75 Å². The summed E-state index contributed by atoms with van der Waals surface area (Å²) in [5.41, 5.74) is 2.02. The molecular formula is C16H21NO3. The van der Waals surface area contributed by atoms with Crippen molar-refractivity contribution in [3.63, 3.8) is 0 Å². The predicted octanol–water partition coefficient (Wildman–Crippen LogP) is 2.00. The van der Waals surface area contributed by atoms with Gasteiger partial charge in [0.2, 0.25) is 5.91 Å². The van der Waals surface area contributed by atoms with Crippen LogP contribution in [0.25, 0.3) is 6.08 Å². The number of amides is 1. The molecule has 108 valence electrons. The van der Waals surface area contributed by atoms with Crippen LogP contribution < -0.4 is 4.74 Å². The molecule has 0 unspecified atom stereocenters. The van der Waals surface area contributed by atoms with E-state index in [0.29, 0.717) is 25.9 Å². The average molecular weight is 275 g/mol. The van der Waals surface area contributed by atoms with Crippen molar-refractivity contribution >= 4 is 12.0 Å². The lowest BCUT2D eigenvalue weighted by atomic mass is 10.1. The Morgan fingerprint density at radius 3 is 2.75 bits per heavy atom. The highest BCUT2D eigenvalue weighted by atomic mass is 16.5. The Labute approximate surface area is 119 Å². The Bertz CT molecular complexity index is 502. The van der Waals surface area contributed by atoms with Crippen LogP contribution in [0.2, 0.25) is 0 Å². The van der Waals surface area contributed by atoms with Crippen molar-refractivity contribution in [1.82, 2.24) is 4.90 Å². The van der Waals surface area contributed by atoms with Gasteiger partial charge < -0.3 is 14.7 Å². The number of likely N-dealkylation sites (tertiary alicyclic amines) is 1. The molecule has 1 aromatic rings. The summed E-state index contributed by atoms with van der Waals surface area (Å²) in [6.07, 6.45) is 4.43. The summed E-state index contributed by atoms with van der Waals surface area (Å²) >= 11 is 0. The normalized spacial score (nSPS) is 16.6. The fraction of sp³-hybridized carbons (Fsp3) is 0.438. The first kappa shape index (κ1) is 14.6. The van der Waals surface area contributed by atoms with E-state index in [1.165, 1.54) is 0 Å². The molecule has 0 atom stereocenters. The molecule has 4 heteroatoms. The van der Waals surface area contributed by atoms with Crippen LogP contribution >= 0.6 is 0 Å². The molecule has 1 fully saturated rings. The molecule has 1 aliphatic heterocycles. The predicted molar refractivity (Wildman–Crippen MR) is 78.6 cm³/mol.